The van der Waals surface area contributed by atoms with E-state index in [2.05, 4.69) is 0 Å². The number of allylic oxidation sites excluding steroid dienone is 1. The molecule has 2 saturated heterocycles. The first-order valence-electron chi connectivity index (χ1n) is 9.37. The first-order valence-corrected chi connectivity index (χ1v) is 10.4. The Morgan fingerprint density at radius 3 is 2.61 bits per heavy atom. The SMILES string of the molecule is CC1=C[C@H]2O[C@@H]3[C@H](O)[C@@H](OC(=O)CCl)[C@](C)([C@@]2(COC(=O)CCl)CC1)[C@]31CO1. The van der Waals surface area contributed by atoms with E-state index in [0.29, 0.717) is 13.0 Å². The third kappa shape index (κ3) is 2.53. The van der Waals surface area contributed by atoms with Crippen LogP contribution in [0.5, 0.6) is 0 Å². The number of aliphatic hydroxyl groups is 1. The van der Waals surface area contributed by atoms with Crippen LogP contribution in [0.3, 0.4) is 0 Å². The third-order valence-electron chi connectivity index (χ3n) is 7.22. The van der Waals surface area contributed by atoms with Crippen molar-refractivity contribution in [3.05, 3.63) is 11.6 Å². The van der Waals surface area contributed by atoms with Gasteiger partial charge in [-0.3, -0.25) is 9.59 Å². The van der Waals surface area contributed by atoms with Crippen LogP contribution in [0.25, 0.3) is 0 Å². The van der Waals surface area contributed by atoms with Crippen molar-refractivity contribution < 1.29 is 33.6 Å². The summed E-state index contributed by atoms with van der Waals surface area (Å²) in [5.74, 6) is -1.74. The van der Waals surface area contributed by atoms with Gasteiger partial charge in [0, 0.05) is 5.41 Å². The second-order valence-electron chi connectivity index (χ2n) is 8.36. The summed E-state index contributed by atoms with van der Waals surface area (Å²) in [5.41, 5.74) is -1.22. The van der Waals surface area contributed by atoms with Gasteiger partial charge in [0.25, 0.3) is 0 Å². The second-order valence-corrected chi connectivity index (χ2v) is 8.89. The second kappa shape index (κ2) is 6.84. The number of hydrogen-bond acceptors (Lipinski definition) is 7. The average molecular weight is 435 g/mol. The molecule has 7 nitrogen and oxygen atoms in total. The summed E-state index contributed by atoms with van der Waals surface area (Å²) in [6.07, 6.45) is 0.388. The third-order valence-corrected chi connectivity index (χ3v) is 7.66. The summed E-state index contributed by atoms with van der Waals surface area (Å²) in [7, 11) is 0. The molecular formula is C19H24Cl2O7. The molecule has 4 aliphatic rings. The molecule has 4 rings (SSSR count). The smallest absolute Gasteiger partial charge is 0.321 e. The lowest BCUT2D eigenvalue weighted by Gasteiger charge is -2.58. The number of rotatable bonds is 5. The van der Waals surface area contributed by atoms with Crippen LogP contribution in [0.4, 0.5) is 0 Å². The summed E-state index contributed by atoms with van der Waals surface area (Å²) in [6.45, 7) is 4.36. The molecule has 2 aliphatic heterocycles. The van der Waals surface area contributed by atoms with Crippen LogP contribution >= 0.6 is 23.2 Å². The monoisotopic (exact) mass is 434 g/mol. The van der Waals surface area contributed by atoms with Crippen LogP contribution in [0, 0.1) is 10.8 Å². The standard InChI is InChI=1S/C19H24Cl2O7/c1-10-3-4-18(8-25-12(22)6-20)11(5-10)27-16-14(24)15(28-13(23)7-21)17(18,2)19(16)9-26-19/h5,11,14-16,24H,3-4,6-9H2,1-2H3/t11-,14-,15-,16-,17-,18-,19+/m1/s1. The molecule has 0 aromatic heterocycles. The lowest BCUT2D eigenvalue weighted by molar-refractivity contribution is -0.233. The van der Waals surface area contributed by atoms with Crippen molar-refractivity contribution in [3.63, 3.8) is 0 Å². The van der Waals surface area contributed by atoms with Gasteiger partial charge in [0.15, 0.2) is 0 Å². The maximum absolute atomic E-state index is 12.0. The summed E-state index contributed by atoms with van der Waals surface area (Å²) in [6, 6.07) is 0. The number of aliphatic hydroxyl groups excluding tert-OH is 1. The molecule has 0 aromatic rings. The Bertz CT molecular complexity index is 721. The Morgan fingerprint density at radius 2 is 2.00 bits per heavy atom. The maximum atomic E-state index is 12.0. The molecule has 2 bridgehead atoms. The molecule has 0 unspecified atom stereocenters. The number of fused-ring (bicyclic) bond motifs is 2. The van der Waals surface area contributed by atoms with Gasteiger partial charge in [-0.15, -0.1) is 23.2 Å². The summed E-state index contributed by atoms with van der Waals surface area (Å²) in [5, 5.41) is 11.0. The topological polar surface area (TPSA) is 94.6 Å². The Morgan fingerprint density at radius 1 is 1.32 bits per heavy atom. The molecule has 28 heavy (non-hydrogen) atoms. The van der Waals surface area contributed by atoms with E-state index in [1.165, 1.54) is 0 Å². The fourth-order valence-corrected chi connectivity index (χ4v) is 5.75. The molecule has 0 radical (unpaired) electrons. The van der Waals surface area contributed by atoms with E-state index in [0.717, 1.165) is 12.0 Å². The molecule has 1 N–H and O–H groups in total. The number of ether oxygens (including phenoxy) is 4. The van der Waals surface area contributed by atoms with E-state index in [9.17, 15) is 14.7 Å². The number of alkyl halides is 2. The Hall–Kier alpha value is -0.860. The number of carbonyl (C=O) groups is 2. The molecule has 1 spiro atoms. The summed E-state index contributed by atoms with van der Waals surface area (Å²) in [4.78, 5) is 23.9. The minimum Gasteiger partial charge on any atom is -0.464 e. The molecule has 0 amide bonds. The van der Waals surface area contributed by atoms with Crippen LogP contribution in [0.1, 0.15) is 26.7 Å². The molecule has 156 valence electrons. The highest BCUT2D eigenvalue weighted by atomic mass is 35.5. The van der Waals surface area contributed by atoms with Crippen molar-refractivity contribution in [2.45, 2.75) is 56.7 Å². The van der Waals surface area contributed by atoms with Gasteiger partial charge in [-0.1, -0.05) is 18.6 Å². The first-order chi connectivity index (χ1) is 13.3. The minimum absolute atomic E-state index is 0.0307. The Labute approximate surface area is 173 Å². The van der Waals surface area contributed by atoms with Gasteiger partial charge in [0.1, 0.15) is 42.3 Å². The Balaban J connectivity index is 1.81. The molecule has 3 fully saturated rings. The van der Waals surface area contributed by atoms with Crippen LogP contribution in [-0.4, -0.2) is 72.0 Å². The zero-order chi connectivity index (χ0) is 20.3. The van der Waals surface area contributed by atoms with E-state index in [4.69, 9.17) is 42.1 Å². The van der Waals surface area contributed by atoms with E-state index >= 15 is 0 Å². The van der Waals surface area contributed by atoms with Gasteiger partial charge in [0.05, 0.1) is 18.1 Å². The van der Waals surface area contributed by atoms with E-state index < -0.39 is 52.8 Å². The summed E-state index contributed by atoms with van der Waals surface area (Å²) < 4.78 is 23.3. The zero-order valence-electron chi connectivity index (χ0n) is 15.8. The predicted octanol–water partition coefficient (Wildman–Crippen LogP) is 1.56. The number of epoxide rings is 1. The van der Waals surface area contributed by atoms with Gasteiger partial charge in [-0.2, -0.15) is 0 Å². The fourth-order valence-electron chi connectivity index (χ4n) is 5.61. The van der Waals surface area contributed by atoms with Crippen molar-refractivity contribution in [2.24, 2.45) is 10.8 Å². The van der Waals surface area contributed by atoms with Crippen molar-refractivity contribution >= 4 is 35.1 Å². The van der Waals surface area contributed by atoms with Gasteiger partial charge < -0.3 is 24.1 Å². The van der Waals surface area contributed by atoms with E-state index in [1.807, 2.05) is 19.9 Å². The summed E-state index contributed by atoms with van der Waals surface area (Å²) >= 11 is 11.3. The molecule has 9 heteroatoms. The molecule has 2 aliphatic carbocycles. The van der Waals surface area contributed by atoms with Crippen LogP contribution in [0.15, 0.2) is 11.6 Å². The molecular weight excluding hydrogens is 411 g/mol. The van der Waals surface area contributed by atoms with Gasteiger partial charge in [0.2, 0.25) is 0 Å². The number of halogens is 2. The first kappa shape index (κ1) is 20.4. The fraction of sp³-hybridized carbons (Fsp3) is 0.789. The average Bonchev–Trinajstić information content (AvgIpc) is 3.47. The zero-order valence-corrected chi connectivity index (χ0v) is 17.3. The molecule has 1 saturated carbocycles. The largest absolute Gasteiger partial charge is 0.464 e. The number of hydrogen-bond donors (Lipinski definition) is 1. The lowest BCUT2D eigenvalue weighted by Crippen LogP contribution is -2.66. The van der Waals surface area contributed by atoms with E-state index in [1.54, 1.807) is 0 Å². The molecule has 7 atom stereocenters. The number of carbonyl (C=O) groups excluding carboxylic acids is 2. The highest BCUT2D eigenvalue weighted by molar-refractivity contribution is 6.26. The van der Waals surface area contributed by atoms with Crippen molar-refractivity contribution in [2.75, 3.05) is 25.0 Å². The van der Waals surface area contributed by atoms with Crippen LogP contribution < -0.4 is 0 Å². The van der Waals surface area contributed by atoms with Gasteiger partial charge in [-0.05, 0) is 19.8 Å². The predicted molar refractivity (Wildman–Crippen MR) is 99.2 cm³/mol. The normalized spacial score (nSPS) is 46.0. The Kier molecular flexibility index (Phi) is 4.99. The number of esters is 2. The highest BCUT2D eigenvalue weighted by Crippen LogP contribution is 2.72. The lowest BCUT2D eigenvalue weighted by atomic mass is 9.51. The van der Waals surface area contributed by atoms with Crippen LogP contribution in [0.2, 0.25) is 0 Å². The van der Waals surface area contributed by atoms with Crippen LogP contribution in [-0.2, 0) is 28.5 Å². The molecule has 0 aromatic carbocycles. The minimum atomic E-state index is -1.07. The van der Waals surface area contributed by atoms with Crippen molar-refractivity contribution in [3.8, 4) is 0 Å². The maximum Gasteiger partial charge on any atom is 0.321 e. The molecule has 2 heterocycles. The quantitative estimate of drug-likeness (QED) is 0.303. The van der Waals surface area contributed by atoms with Gasteiger partial charge in [-0.25, -0.2) is 0 Å². The van der Waals surface area contributed by atoms with Crippen molar-refractivity contribution in [1.29, 1.82) is 0 Å². The van der Waals surface area contributed by atoms with E-state index in [-0.39, 0.29) is 18.4 Å². The highest BCUT2D eigenvalue weighted by Gasteiger charge is 2.85. The van der Waals surface area contributed by atoms with Crippen molar-refractivity contribution in [1.82, 2.24) is 0 Å². The van der Waals surface area contributed by atoms with Gasteiger partial charge >= 0.3 is 11.9 Å².